The van der Waals surface area contributed by atoms with Crippen molar-refractivity contribution in [3.05, 3.63) is 22.7 Å². The molecule has 0 spiro atoms. The van der Waals surface area contributed by atoms with Crippen LogP contribution in [0.1, 0.15) is 34.1 Å². The van der Waals surface area contributed by atoms with Crippen LogP contribution in [0.25, 0.3) is 0 Å². The maximum atomic E-state index is 12.0. The Morgan fingerprint density at radius 1 is 1.53 bits per heavy atom. The summed E-state index contributed by atoms with van der Waals surface area (Å²) in [5.41, 5.74) is 6.12. The molecule has 0 bridgehead atoms. The molecule has 0 fully saturated rings. The molecule has 0 aliphatic heterocycles. The van der Waals surface area contributed by atoms with E-state index in [4.69, 9.17) is 10.5 Å². The highest BCUT2D eigenvalue weighted by atomic mass is 79.9. The van der Waals surface area contributed by atoms with Crippen molar-refractivity contribution in [2.45, 2.75) is 45.8 Å². The van der Waals surface area contributed by atoms with Gasteiger partial charge in [0.15, 0.2) is 6.10 Å². The van der Waals surface area contributed by atoms with Crippen molar-refractivity contribution in [2.24, 2.45) is 0 Å². The molecule has 106 valence electrons. The zero-order chi connectivity index (χ0) is 14.6. The normalized spacial score (nSPS) is 12.9. The van der Waals surface area contributed by atoms with Gasteiger partial charge in [0.05, 0.1) is 4.47 Å². The molecule has 0 aromatic heterocycles. The summed E-state index contributed by atoms with van der Waals surface area (Å²) in [6.45, 7) is 7.71. The van der Waals surface area contributed by atoms with Gasteiger partial charge in [0.2, 0.25) is 0 Å². The van der Waals surface area contributed by atoms with E-state index in [2.05, 4.69) is 21.2 Å². The molecular weight excluding hydrogens is 308 g/mol. The van der Waals surface area contributed by atoms with Gasteiger partial charge in [-0.05, 0) is 55.3 Å². The summed E-state index contributed by atoms with van der Waals surface area (Å²) in [4.78, 5) is 12.0. The predicted octanol–water partition coefficient (Wildman–Crippen LogP) is 3.10. The third-order valence-electron chi connectivity index (χ3n) is 3.01. The summed E-state index contributed by atoms with van der Waals surface area (Å²) >= 11 is 3.35. The van der Waals surface area contributed by atoms with Crippen molar-refractivity contribution in [3.8, 4) is 5.75 Å². The third-order valence-corrected chi connectivity index (χ3v) is 3.86. The minimum Gasteiger partial charge on any atom is -0.480 e. The molecule has 5 heteroatoms. The number of ether oxygens (including phenoxy) is 1. The summed E-state index contributed by atoms with van der Waals surface area (Å²) in [5, 5.41) is 2.95. The number of nitrogens with two attached hydrogens (primary N) is 1. The van der Waals surface area contributed by atoms with E-state index in [-0.39, 0.29) is 11.4 Å². The quantitative estimate of drug-likeness (QED) is 0.816. The van der Waals surface area contributed by atoms with E-state index in [9.17, 15) is 4.79 Å². The molecule has 0 saturated carbocycles. The monoisotopic (exact) mass is 328 g/mol. The van der Waals surface area contributed by atoms with Gasteiger partial charge in [0.1, 0.15) is 5.75 Å². The molecule has 0 heterocycles. The number of nitrogens with one attached hydrogen (secondary N) is 1. The van der Waals surface area contributed by atoms with Crippen molar-refractivity contribution in [2.75, 3.05) is 5.73 Å². The lowest BCUT2D eigenvalue weighted by Gasteiger charge is -2.26. The second-order valence-corrected chi connectivity index (χ2v) is 5.94. The molecule has 1 rings (SSSR count). The molecule has 1 aromatic carbocycles. The molecule has 19 heavy (non-hydrogen) atoms. The van der Waals surface area contributed by atoms with E-state index in [0.717, 1.165) is 6.42 Å². The van der Waals surface area contributed by atoms with E-state index < -0.39 is 6.10 Å². The SMILES string of the molecule is CCC(C)(C)NC(=O)C(C)Oc1cccc(N)c1Br. The van der Waals surface area contributed by atoms with Gasteiger partial charge in [0, 0.05) is 11.2 Å². The van der Waals surface area contributed by atoms with Crippen LogP contribution in [0.3, 0.4) is 0 Å². The number of carbonyl (C=O) groups excluding carboxylic acids is 1. The Hall–Kier alpha value is -1.23. The first-order chi connectivity index (χ1) is 8.76. The van der Waals surface area contributed by atoms with Crippen molar-refractivity contribution in [1.29, 1.82) is 0 Å². The number of carbonyl (C=O) groups is 1. The summed E-state index contributed by atoms with van der Waals surface area (Å²) < 4.78 is 6.31. The van der Waals surface area contributed by atoms with Crippen LogP contribution in [0.2, 0.25) is 0 Å². The number of anilines is 1. The second-order valence-electron chi connectivity index (χ2n) is 5.15. The second kappa shape index (κ2) is 6.28. The largest absolute Gasteiger partial charge is 0.480 e. The minimum atomic E-state index is -0.580. The third kappa shape index (κ3) is 4.42. The lowest BCUT2D eigenvalue weighted by atomic mass is 10.0. The van der Waals surface area contributed by atoms with E-state index in [1.54, 1.807) is 25.1 Å². The molecule has 1 aromatic rings. The van der Waals surface area contributed by atoms with E-state index in [1.165, 1.54) is 0 Å². The van der Waals surface area contributed by atoms with E-state index >= 15 is 0 Å². The average Bonchev–Trinajstić information content (AvgIpc) is 2.34. The molecule has 1 atom stereocenters. The number of halogens is 1. The highest BCUT2D eigenvalue weighted by Gasteiger charge is 2.23. The lowest BCUT2D eigenvalue weighted by molar-refractivity contribution is -0.129. The molecule has 1 amide bonds. The fourth-order valence-corrected chi connectivity index (χ4v) is 1.74. The van der Waals surface area contributed by atoms with Gasteiger partial charge in [-0.25, -0.2) is 0 Å². The number of nitrogen functional groups attached to an aromatic ring is 1. The maximum absolute atomic E-state index is 12.0. The summed E-state index contributed by atoms with van der Waals surface area (Å²) in [6, 6.07) is 5.33. The number of hydrogen-bond acceptors (Lipinski definition) is 3. The molecule has 4 nitrogen and oxygen atoms in total. The topological polar surface area (TPSA) is 64.3 Å². The van der Waals surface area contributed by atoms with Gasteiger partial charge in [-0.1, -0.05) is 13.0 Å². The fraction of sp³-hybridized carbons (Fsp3) is 0.500. The summed E-state index contributed by atoms with van der Waals surface area (Å²) in [7, 11) is 0. The first-order valence-electron chi connectivity index (χ1n) is 6.29. The molecule has 0 saturated heterocycles. The van der Waals surface area contributed by atoms with Gasteiger partial charge in [-0.3, -0.25) is 4.79 Å². The Morgan fingerprint density at radius 2 is 2.16 bits per heavy atom. The van der Waals surface area contributed by atoms with Crippen LogP contribution in [0, 0.1) is 0 Å². The van der Waals surface area contributed by atoms with Gasteiger partial charge in [-0.15, -0.1) is 0 Å². The lowest BCUT2D eigenvalue weighted by Crippen LogP contribution is -2.48. The van der Waals surface area contributed by atoms with Crippen LogP contribution < -0.4 is 15.8 Å². The van der Waals surface area contributed by atoms with Crippen molar-refractivity contribution < 1.29 is 9.53 Å². The molecule has 0 radical (unpaired) electrons. The van der Waals surface area contributed by atoms with Crippen LogP contribution in [-0.2, 0) is 4.79 Å². The van der Waals surface area contributed by atoms with Crippen molar-refractivity contribution in [1.82, 2.24) is 5.32 Å². The Kier molecular flexibility index (Phi) is 5.23. The molecule has 0 aliphatic carbocycles. The van der Waals surface area contributed by atoms with Gasteiger partial charge < -0.3 is 15.8 Å². The van der Waals surface area contributed by atoms with Gasteiger partial charge in [-0.2, -0.15) is 0 Å². The first-order valence-corrected chi connectivity index (χ1v) is 7.09. The van der Waals surface area contributed by atoms with Crippen LogP contribution >= 0.6 is 15.9 Å². The Balaban J connectivity index is 2.72. The highest BCUT2D eigenvalue weighted by Crippen LogP contribution is 2.31. The predicted molar refractivity (Wildman–Crippen MR) is 81.2 cm³/mol. The smallest absolute Gasteiger partial charge is 0.261 e. The standard InChI is InChI=1S/C14H21BrN2O2/c1-5-14(3,4)17-13(18)9(2)19-11-8-6-7-10(16)12(11)15/h6-9H,5,16H2,1-4H3,(H,17,18). The number of amides is 1. The van der Waals surface area contributed by atoms with E-state index in [0.29, 0.717) is 15.9 Å². The van der Waals surface area contributed by atoms with Gasteiger partial charge >= 0.3 is 0 Å². The van der Waals surface area contributed by atoms with Crippen molar-refractivity contribution >= 4 is 27.5 Å². The fourth-order valence-electron chi connectivity index (χ4n) is 1.39. The molecule has 1 unspecified atom stereocenters. The van der Waals surface area contributed by atoms with Crippen molar-refractivity contribution in [3.63, 3.8) is 0 Å². The number of hydrogen-bond donors (Lipinski definition) is 2. The van der Waals surface area contributed by atoms with Crippen LogP contribution in [0.4, 0.5) is 5.69 Å². The Labute approximate surface area is 122 Å². The Bertz CT molecular complexity index is 461. The molecule has 3 N–H and O–H groups in total. The highest BCUT2D eigenvalue weighted by molar-refractivity contribution is 9.10. The Morgan fingerprint density at radius 3 is 2.74 bits per heavy atom. The molecule has 0 aliphatic rings. The zero-order valence-electron chi connectivity index (χ0n) is 11.8. The first kappa shape index (κ1) is 15.8. The maximum Gasteiger partial charge on any atom is 0.261 e. The van der Waals surface area contributed by atoms with Crippen LogP contribution in [0.5, 0.6) is 5.75 Å². The van der Waals surface area contributed by atoms with E-state index in [1.807, 2.05) is 20.8 Å². The zero-order valence-corrected chi connectivity index (χ0v) is 13.4. The minimum absolute atomic E-state index is 0.138. The average molecular weight is 329 g/mol. The van der Waals surface area contributed by atoms with Crippen LogP contribution in [0.15, 0.2) is 22.7 Å². The van der Waals surface area contributed by atoms with Gasteiger partial charge in [0.25, 0.3) is 5.91 Å². The number of benzene rings is 1. The van der Waals surface area contributed by atoms with Crippen LogP contribution in [-0.4, -0.2) is 17.6 Å². The summed E-state index contributed by atoms with van der Waals surface area (Å²) in [5.74, 6) is 0.429. The summed E-state index contributed by atoms with van der Waals surface area (Å²) in [6.07, 6.45) is 0.275. The number of rotatable bonds is 5. The molecular formula is C14H21BrN2O2.